The van der Waals surface area contributed by atoms with Crippen molar-refractivity contribution in [3.63, 3.8) is 0 Å². The number of sulfonamides is 1. The Hall–Kier alpha value is -1.91. The van der Waals surface area contributed by atoms with Gasteiger partial charge in [0.05, 0.1) is 6.04 Å². The van der Waals surface area contributed by atoms with Gasteiger partial charge in [-0.05, 0) is 24.6 Å². The number of halogens is 2. The fourth-order valence-corrected chi connectivity index (χ4v) is 3.05. The summed E-state index contributed by atoms with van der Waals surface area (Å²) in [5, 5.41) is 6.07. The van der Waals surface area contributed by atoms with Crippen molar-refractivity contribution < 1.29 is 17.2 Å². The van der Waals surface area contributed by atoms with Crippen LogP contribution < -0.4 is 10.5 Å². The monoisotopic (exact) mass is 317 g/mol. The fraction of sp³-hybridized carbons (Fsp3) is 0.273. The lowest BCUT2D eigenvalue weighted by atomic mass is 10.2. The molecular weight excluding hydrogens is 304 g/mol. The summed E-state index contributed by atoms with van der Waals surface area (Å²) in [5.74, 6) is -2.48. The minimum absolute atomic E-state index is 0.114. The molecule has 2 aromatic rings. The van der Waals surface area contributed by atoms with E-state index in [1.54, 1.807) is 0 Å². The van der Waals surface area contributed by atoms with Crippen molar-refractivity contribution in [1.29, 1.82) is 0 Å². The molecular formula is C11H13F2N5O2S. The average Bonchev–Trinajstić information content (AvgIpc) is 2.95. The summed E-state index contributed by atoms with van der Waals surface area (Å²) < 4.78 is 53.7. The summed E-state index contributed by atoms with van der Waals surface area (Å²) in [6, 6.07) is 1.06. The van der Waals surface area contributed by atoms with Crippen LogP contribution in [0.3, 0.4) is 0 Å². The van der Waals surface area contributed by atoms with Gasteiger partial charge in [0, 0.05) is 6.54 Å². The van der Waals surface area contributed by atoms with E-state index in [1.165, 1.54) is 13.3 Å². The molecule has 1 aromatic carbocycles. The van der Waals surface area contributed by atoms with Gasteiger partial charge in [-0.2, -0.15) is 5.10 Å². The molecule has 21 heavy (non-hydrogen) atoms. The molecule has 1 atom stereocenters. The number of rotatable bonds is 5. The number of nitrogens with zero attached hydrogens (tertiary/aromatic N) is 2. The van der Waals surface area contributed by atoms with Gasteiger partial charge in [-0.15, -0.1) is 0 Å². The molecule has 114 valence electrons. The van der Waals surface area contributed by atoms with Crippen LogP contribution in [0.5, 0.6) is 0 Å². The molecule has 1 aromatic heterocycles. The first-order chi connectivity index (χ1) is 9.85. The number of aromatic nitrogens is 3. The SMILES string of the molecule is CC(NS(=O)(=O)c1cc(CN)cc(F)c1F)c1ncn[nH]1. The molecule has 1 unspecified atom stereocenters. The molecule has 0 fully saturated rings. The second-order valence-corrected chi connectivity index (χ2v) is 5.99. The normalized spacial score (nSPS) is 13.3. The molecule has 0 aliphatic carbocycles. The predicted molar refractivity (Wildman–Crippen MR) is 69.4 cm³/mol. The van der Waals surface area contributed by atoms with Crippen LogP contribution in [0.4, 0.5) is 8.78 Å². The summed E-state index contributed by atoms with van der Waals surface area (Å²) >= 11 is 0. The Morgan fingerprint density at radius 3 is 2.71 bits per heavy atom. The average molecular weight is 317 g/mol. The maximum atomic E-state index is 13.7. The molecule has 1 heterocycles. The first-order valence-electron chi connectivity index (χ1n) is 5.90. The van der Waals surface area contributed by atoms with Crippen molar-refractivity contribution in [2.75, 3.05) is 0 Å². The second kappa shape index (κ2) is 5.84. The number of benzene rings is 1. The summed E-state index contributed by atoms with van der Waals surface area (Å²) in [7, 11) is -4.28. The molecule has 0 aliphatic heterocycles. The number of nitrogens with two attached hydrogens (primary N) is 1. The third-order valence-corrected chi connectivity index (χ3v) is 4.30. The van der Waals surface area contributed by atoms with E-state index in [4.69, 9.17) is 5.73 Å². The summed E-state index contributed by atoms with van der Waals surface area (Å²) in [6.07, 6.45) is 1.20. The molecule has 0 saturated carbocycles. The van der Waals surface area contributed by atoms with Crippen molar-refractivity contribution in [3.05, 3.63) is 41.5 Å². The number of aromatic amines is 1. The van der Waals surface area contributed by atoms with Crippen LogP contribution in [-0.4, -0.2) is 23.6 Å². The molecule has 10 heteroatoms. The highest BCUT2D eigenvalue weighted by Crippen LogP contribution is 2.21. The number of hydrogen-bond acceptors (Lipinski definition) is 5. The van der Waals surface area contributed by atoms with Gasteiger partial charge < -0.3 is 5.73 Å². The smallest absolute Gasteiger partial charge is 0.244 e. The molecule has 7 nitrogen and oxygen atoms in total. The number of H-pyrrole nitrogens is 1. The molecule has 0 saturated heterocycles. The maximum Gasteiger partial charge on any atom is 0.244 e. The van der Waals surface area contributed by atoms with E-state index in [0.717, 1.165) is 12.1 Å². The zero-order chi connectivity index (χ0) is 15.6. The Labute approximate surface area is 119 Å². The zero-order valence-electron chi connectivity index (χ0n) is 11.0. The van der Waals surface area contributed by atoms with Crippen LogP contribution in [0.1, 0.15) is 24.4 Å². The molecule has 2 rings (SSSR count). The standard InChI is InChI=1S/C11H13F2N5O2S/c1-6(11-15-5-16-17-11)18-21(19,20)9-3-7(4-14)2-8(12)10(9)13/h2-3,5-6,18H,4,14H2,1H3,(H,15,16,17). The van der Waals surface area contributed by atoms with Crippen LogP contribution >= 0.6 is 0 Å². The van der Waals surface area contributed by atoms with Crippen molar-refractivity contribution in [1.82, 2.24) is 19.9 Å². The summed E-state index contributed by atoms with van der Waals surface area (Å²) in [4.78, 5) is 2.99. The van der Waals surface area contributed by atoms with Crippen molar-refractivity contribution >= 4 is 10.0 Å². The van der Waals surface area contributed by atoms with Gasteiger partial charge >= 0.3 is 0 Å². The Kier molecular flexibility index (Phi) is 4.30. The third-order valence-electron chi connectivity index (χ3n) is 2.76. The predicted octanol–water partition coefficient (Wildman–Crippen LogP) is 0.581. The third kappa shape index (κ3) is 3.23. The van der Waals surface area contributed by atoms with Gasteiger partial charge in [0.1, 0.15) is 17.0 Å². The molecule has 0 spiro atoms. The van der Waals surface area contributed by atoms with E-state index in [2.05, 4.69) is 19.9 Å². The number of nitrogens with one attached hydrogen (secondary N) is 2. The Morgan fingerprint density at radius 1 is 1.43 bits per heavy atom. The lowest BCUT2D eigenvalue weighted by Crippen LogP contribution is -2.28. The van der Waals surface area contributed by atoms with Gasteiger partial charge in [0.2, 0.25) is 10.0 Å². The minimum Gasteiger partial charge on any atom is -0.326 e. The highest BCUT2D eigenvalue weighted by atomic mass is 32.2. The summed E-state index contributed by atoms with van der Waals surface area (Å²) in [5.41, 5.74) is 5.50. The van der Waals surface area contributed by atoms with Gasteiger partial charge in [-0.25, -0.2) is 26.9 Å². The van der Waals surface area contributed by atoms with Gasteiger partial charge in [-0.3, -0.25) is 5.10 Å². The Morgan fingerprint density at radius 2 is 2.14 bits per heavy atom. The van der Waals surface area contributed by atoms with E-state index in [1.807, 2.05) is 0 Å². The number of hydrogen-bond donors (Lipinski definition) is 3. The van der Waals surface area contributed by atoms with Gasteiger partial charge in [0.25, 0.3) is 0 Å². The topological polar surface area (TPSA) is 114 Å². The molecule has 0 radical (unpaired) electrons. The van der Waals surface area contributed by atoms with E-state index >= 15 is 0 Å². The van der Waals surface area contributed by atoms with Crippen molar-refractivity contribution in [2.45, 2.75) is 24.4 Å². The van der Waals surface area contributed by atoms with E-state index in [-0.39, 0.29) is 17.9 Å². The summed E-state index contributed by atoms with van der Waals surface area (Å²) in [6.45, 7) is 1.37. The quantitative estimate of drug-likeness (QED) is 0.746. The van der Waals surface area contributed by atoms with Crippen LogP contribution in [0.25, 0.3) is 0 Å². The lowest BCUT2D eigenvalue weighted by Gasteiger charge is -2.13. The first-order valence-corrected chi connectivity index (χ1v) is 7.39. The van der Waals surface area contributed by atoms with Crippen molar-refractivity contribution in [2.24, 2.45) is 5.73 Å². The van der Waals surface area contributed by atoms with E-state index in [0.29, 0.717) is 0 Å². The lowest BCUT2D eigenvalue weighted by molar-refractivity contribution is 0.479. The molecule has 0 aliphatic rings. The van der Waals surface area contributed by atoms with E-state index < -0.39 is 32.6 Å². The minimum atomic E-state index is -4.28. The zero-order valence-corrected chi connectivity index (χ0v) is 11.8. The van der Waals surface area contributed by atoms with E-state index in [9.17, 15) is 17.2 Å². The molecule has 0 amide bonds. The maximum absolute atomic E-state index is 13.7. The first kappa shape index (κ1) is 15.5. The second-order valence-electron chi connectivity index (χ2n) is 4.31. The fourth-order valence-electron chi connectivity index (χ4n) is 1.71. The van der Waals surface area contributed by atoms with Crippen LogP contribution in [-0.2, 0) is 16.6 Å². The van der Waals surface area contributed by atoms with Crippen LogP contribution in [0.15, 0.2) is 23.4 Å². The Balaban J connectivity index is 2.38. The highest BCUT2D eigenvalue weighted by Gasteiger charge is 2.25. The van der Waals surface area contributed by atoms with Gasteiger partial charge in [-0.1, -0.05) is 0 Å². The van der Waals surface area contributed by atoms with Gasteiger partial charge in [0.15, 0.2) is 11.6 Å². The van der Waals surface area contributed by atoms with Crippen LogP contribution in [0.2, 0.25) is 0 Å². The largest absolute Gasteiger partial charge is 0.326 e. The Bertz CT molecular complexity index is 733. The molecule has 4 N–H and O–H groups in total. The molecule has 0 bridgehead atoms. The highest BCUT2D eigenvalue weighted by molar-refractivity contribution is 7.89. The van der Waals surface area contributed by atoms with Crippen molar-refractivity contribution in [3.8, 4) is 0 Å². The van der Waals surface area contributed by atoms with Crippen LogP contribution in [0, 0.1) is 11.6 Å².